The Morgan fingerprint density at radius 2 is 1.60 bits per heavy atom. The van der Waals surface area contributed by atoms with Crippen molar-refractivity contribution in [2.24, 2.45) is 0 Å². The van der Waals surface area contributed by atoms with Crippen molar-refractivity contribution in [3.05, 3.63) is 59.9 Å². The Balaban J connectivity index is 2.31. The first-order valence-corrected chi connectivity index (χ1v) is 8.95. The fourth-order valence-corrected chi connectivity index (χ4v) is 3.40. The summed E-state index contributed by atoms with van der Waals surface area (Å²) in [4.78, 5) is 12.3. The molecule has 1 atom stereocenters. The van der Waals surface area contributed by atoms with Crippen molar-refractivity contribution < 1.29 is 26.4 Å². The summed E-state index contributed by atoms with van der Waals surface area (Å²) in [6.07, 6.45) is 0.888. The highest BCUT2D eigenvalue weighted by Crippen LogP contribution is 2.22. The number of amides is 1. The number of carbonyl (C=O) groups excluding carboxylic acids is 1. The Hall–Kier alpha value is -2.55. The highest BCUT2D eigenvalue weighted by molar-refractivity contribution is 7.92. The number of sulfonamides is 1. The normalized spacial score (nSPS) is 12.5. The van der Waals surface area contributed by atoms with Gasteiger partial charge in [0.1, 0.15) is 23.5 Å². The van der Waals surface area contributed by atoms with Gasteiger partial charge in [-0.25, -0.2) is 21.6 Å². The number of halogens is 3. The van der Waals surface area contributed by atoms with Crippen LogP contribution in [0.4, 0.5) is 24.5 Å². The lowest BCUT2D eigenvalue weighted by atomic mass is 10.2. The molecule has 2 rings (SSSR count). The Kier molecular flexibility index (Phi) is 5.36. The van der Waals surface area contributed by atoms with Crippen LogP contribution in [0, 0.1) is 17.5 Å². The molecule has 9 heteroatoms. The van der Waals surface area contributed by atoms with Gasteiger partial charge in [0.15, 0.2) is 0 Å². The zero-order valence-electron chi connectivity index (χ0n) is 13.3. The van der Waals surface area contributed by atoms with E-state index in [0.29, 0.717) is 6.07 Å². The molecule has 5 nitrogen and oxygen atoms in total. The van der Waals surface area contributed by atoms with Crippen LogP contribution in [0.15, 0.2) is 42.5 Å². The van der Waals surface area contributed by atoms with Gasteiger partial charge in [0.2, 0.25) is 15.9 Å². The van der Waals surface area contributed by atoms with Gasteiger partial charge in [0.05, 0.1) is 17.6 Å². The Morgan fingerprint density at radius 3 is 2.12 bits per heavy atom. The molecule has 0 aliphatic heterocycles. The Labute approximate surface area is 143 Å². The Bertz CT molecular complexity index is 886. The molecule has 0 fully saturated rings. The lowest BCUT2D eigenvalue weighted by molar-refractivity contribution is -0.116. The zero-order chi connectivity index (χ0) is 18.8. The van der Waals surface area contributed by atoms with E-state index in [2.05, 4.69) is 5.32 Å². The van der Waals surface area contributed by atoms with Gasteiger partial charge in [0, 0.05) is 6.07 Å². The largest absolute Gasteiger partial charge is 0.322 e. The number of nitrogens with zero attached hydrogens (tertiary/aromatic N) is 1. The van der Waals surface area contributed by atoms with Crippen LogP contribution in [-0.4, -0.2) is 26.6 Å². The van der Waals surface area contributed by atoms with E-state index >= 15 is 0 Å². The lowest BCUT2D eigenvalue weighted by Crippen LogP contribution is -2.45. The smallest absolute Gasteiger partial charge is 0.248 e. The maximum atomic E-state index is 13.6. The summed E-state index contributed by atoms with van der Waals surface area (Å²) < 4.78 is 64.5. The maximum Gasteiger partial charge on any atom is 0.248 e. The molecule has 0 bridgehead atoms. The van der Waals surface area contributed by atoms with Gasteiger partial charge in [-0.1, -0.05) is 0 Å². The fraction of sp³-hybridized carbons (Fsp3) is 0.188. The van der Waals surface area contributed by atoms with E-state index in [1.165, 1.54) is 19.1 Å². The second-order valence-corrected chi connectivity index (χ2v) is 7.18. The van der Waals surface area contributed by atoms with E-state index in [4.69, 9.17) is 0 Å². The summed E-state index contributed by atoms with van der Waals surface area (Å²) >= 11 is 0. The zero-order valence-corrected chi connectivity index (χ0v) is 14.1. The molecule has 1 N–H and O–H groups in total. The van der Waals surface area contributed by atoms with Crippen molar-refractivity contribution in [1.82, 2.24) is 0 Å². The summed E-state index contributed by atoms with van der Waals surface area (Å²) in [7, 11) is -3.89. The van der Waals surface area contributed by atoms with Crippen molar-refractivity contribution in [2.45, 2.75) is 13.0 Å². The number of benzene rings is 2. The number of anilines is 2. The molecule has 0 aliphatic carbocycles. The van der Waals surface area contributed by atoms with E-state index in [1.54, 1.807) is 0 Å². The van der Waals surface area contributed by atoms with Crippen LogP contribution in [0.5, 0.6) is 0 Å². The predicted molar refractivity (Wildman–Crippen MR) is 88.2 cm³/mol. The maximum absolute atomic E-state index is 13.6. The molecule has 0 aromatic heterocycles. The highest BCUT2D eigenvalue weighted by atomic mass is 32.2. The van der Waals surface area contributed by atoms with Crippen molar-refractivity contribution in [3.8, 4) is 0 Å². The molecule has 0 saturated heterocycles. The lowest BCUT2D eigenvalue weighted by Gasteiger charge is -2.28. The van der Waals surface area contributed by atoms with Crippen LogP contribution in [0.3, 0.4) is 0 Å². The average molecular weight is 372 g/mol. The van der Waals surface area contributed by atoms with E-state index in [0.717, 1.165) is 34.8 Å². The number of hydrogen-bond acceptors (Lipinski definition) is 3. The summed E-state index contributed by atoms with van der Waals surface area (Å²) in [6, 6.07) is 5.83. The van der Waals surface area contributed by atoms with E-state index in [9.17, 15) is 26.4 Å². The highest BCUT2D eigenvalue weighted by Gasteiger charge is 2.29. The van der Waals surface area contributed by atoms with Crippen LogP contribution in [-0.2, 0) is 14.8 Å². The minimum atomic E-state index is -3.89. The van der Waals surface area contributed by atoms with Gasteiger partial charge in [-0.3, -0.25) is 9.10 Å². The molecule has 0 spiro atoms. The first kappa shape index (κ1) is 18.8. The summed E-state index contributed by atoms with van der Waals surface area (Å²) in [6.45, 7) is 1.29. The van der Waals surface area contributed by atoms with Crippen LogP contribution in [0.1, 0.15) is 6.92 Å². The minimum Gasteiger partial charge on any atom is -0.322 e. The van der Waals surface area contributed by atoms with Crippen LogP contribution in [0.2, 0.25) is 0 Å². The third kappa shape index (κ3) is 4.50. The molecule has 0 unspecified atom stereocenters. The molecular formula is C16H15F3N2O3S. The Morgan fingerprint density at radius 1 is 1.04 bits per heavy atom. The van der Waals surface area contributed by atoms with Gasteiger partial charge >= 0.3 is 0 Å². The quantitative estimate of drug-likeness (QED) is 0.878. The number of hydrogen-bond donors (Lipinski definition) is 1. The van der Waals surface area contributed by atoms with E-state index < -0.39 is 39.4 Å². The predicted octanol–water partition coefficient (Wildman–Crippen LogP) is 2.90. The number of rotatable bonds is 5. The average Bonchev–Trinajstić information content (AvgIpc) is 2.50. The van der Waals surface area contributed by atoms with Gasteiger partial charge < -0.3 is 5.32 Å². The molecule has 0 heterocycles. The summed E-state index contributed by atoms with van der Waals surface area (Å²) in [5, 5.41) is 2.21. The molecule has 134 valence electrons. The molecule has 2 aromatic rings. The third-order valence-corrected chi connectivity index (χ3v) is 4.60. The molecule has 2 aromatic carbocycles. The van der Waals surface area contributed by atoms with Gasteiger partial charge in [-0.15, -0.1) is 0 Å². The minimum absolute atomic E-state index is 0.0751. The molecular weight excluding hydrogens is 357 g/mol. The molecule has 0 saturated carbocycles. The second-order valence-electron chi connectivity index (χ2n) is 5.32. The summed E-state index contributed by atoms with van der Waals surface area (Å²) in [5.41, 5.74) is -0.211. The first-order valence-electron chi connectivity index (χ1n) is 7.10. The van der Waals surface area contributed by atoms with Crippen LogP contribution >= 0.6 is 0 Å². The van der Waals surface area contributed by atoms with Crippen molar-refractivity contribution >= 4 is 27.3 Å². The van der Waals surface area contributed by atoms with Crippen LogP contribution in [0.25, 0.3) is 0 Å². The van der Waals surface area contributed by atoms with Gasteiger partial charge in [0.25, 0.3) is 0 Å². The first-order chi connectivity index (χ1) is 11.6. The topological polar surface area (TPSA) is 66.5 Å². The van der Waals surface area contributed by atoms with Crippen molar-refractivity contribution in [1.29, 1.82) is 0 Å². The molecule has 1 amide bonds. The monoisotopic (exact) mass is 372 g/mol. The van der Waals surface area contributed by atoms with Crippen molar-refractivity contribution in [3.63, 3.8) is 0 Å². The standard InChI is InChI=1S/C16H15F3N2O3S/c1-10(16(22)20-15-8-5-12(18)9-14(15)19)21(25(2,23)24)13-6-3-11(17)4-7-13/h3-10H,1-2H3,(H,20,22)/t10-/m1/s1. The molecule has 0 radical (unpaired) electrons. The molecule has 0 aliphatic rings. The third-order valence-electron chi connectivity index (χ3n) is 3.36. The van der Waals surface area contributed by atoms with E-state index in [-0.39, 0.29) is 11.4 Å². The van der Waals surface area contributed by atoms with Crippen LogP contribution < -0.4 is 9.62 Å². The number of carbonyl (C=O) groups is 1. The van der Waals surface area contributed by atoms with E-state index in [1.807, 2.05) is 0 Å². The number of nitrogens with one attached hydrogen (secondary N) is 1. The second kappa shape index (κ2) is 7.14. The van der Waals surface area contributed by atoms with Gasteiger partial charge in [-0.2, -0.15) is 0 Å². The summed E-state index contributed by atoms with van der Waals surface area (Å²) in [5.74, 6) is -3.20. The van der Waals surface area contributed by atoms with Gasteiger partial charge in [-0.05, 0) is 43.3 Å². The fourth-order valence-electron chi connectivity index (χ4n) is 2.22. The SMILES string of the molecule is C[C@H](C(=O)Nc1ccc(F)cc1F)N(c1ccc(F)cc1)S(C)(=O)=O. The molecule has 25 heavy (non-hydrogen) atoms. The van der Waals surface area contributed by atoms with Crippen molar-refractivity contribution in [2.75, 3.05) is 15.9 Å².